The monoisotopic (exact) mass is 205 g/mol. The summed E-state index contributed by atoms with van der Waals surface area (Å²) < 4.78 is 0. The highest BCUT2D eigenvalue weighted by Crippen LogP contribution is 2.30. The van der Waals surface area contributed by atoms with Gasteiger partial charge in [-0.1, -0.05) is 6.07 Å². The van der Waals surface area contributed by atoms with E-state index in [4.69, 9.17) is 0 Å². The van der Waals surface area contributed by atoms with Crippen molar-refractivity contribution in [2.45, 2.75) is 18.9 Å². The molecule has 1 aromatic heterocycles. The fraction of sp³-hybridized carbons (Fsp3) is 0.583. The van der Waals surface area contributed by atoms with Crippen molar-refractivity contribution in [3.8, 4) is 0 Å². The lowest BCUT2D eigenvalue weighted by Crippen LogP contribution is -2.18. The van der Waals surface area contributed by atoms with Crippen molar-refractivity contribution in [1.82, 2.24) is 9.88 Å². The van der Waals surface area contributed by atoms with Crippen LogP contribution in [-0.2, 0) is 0 Å². The maximum Gasteiger partial charge on any atom is 0.127 e. The quantitative estimate of drug-likeness (QED) is 0.735. The summed E-state index contributed by atoms with van der Waals surface area (Å²) in [7, 11) is 6.23. The summed E-state index contributed by atoms with van der Waals surface area (Å²) in [6.45, 7) is 1.21. The van der Waals surface area contributed by atoms with Crippen LogP contribution < -0.4 is 4.90 Å². The summed E-state index contributed by atoms with van der Waals surface area (Å²) in [5, 5.41) is 0. The van der Waals surface area contributed by atoms with Gasteiger partial charge in [-0.25, -0.2) is 4.98 Å². The third-order valence-corrected chi connectivity index (χ3v) is 3.13. The van der Waals surface area contributed by atoms with E-state index in [0.717, 1.165) is 5.82 Å². The molecule has 0 saturated carbocycles. The molecule has 1 aliphatic rings. The van der Waals surface area contributed by atoms with E-state index in [9.17, 15) is 0 Å². The normalized spacial score (nSPS) is 21.9. The van der Waals surface area contributed by atoms with Crippen molar-refractivity contribution >= 4 is 5.82 Å². The molecule has 2 rings (SSSR count). The first-order valence-electron chi connectivity index (χ1n) is 5.52. The van der Waals surface area contributed by atoms with Crippen molar-refractivity contribution in [1.29, 1.82) is 0 Å². The second-order valence-corrected chi connectivity index (χ2v) is 4.48. The molecule has 1 saturated heterocycles. The zero-order valence-corrected chi connectivity index (χ0v) is 9.77. The predicted octanol–water partition coefficient (Wildman–Crippen LogP) is 1.91. The van der Waals surface area contributed by atoms with Gasteiger partial charge in [-0.15, -0.1) is 0 Å². The average Bonchev–Trinajstić information content (AvgIpc) is 2.65. The summed E-state index contributed by atoms with van der Waals surface area (Å²) in [6, 6.07) is 4.88. The summed E-state index contributed by atoms with van der Waals surface area (Å²) >= 11 is 0. The van der Waals surface area contributed by atoms with Crippen LogP contribution in [0.1, 0.15) is 24.4 Å². The highest BCUT2D eigenvalue weighted by Gasteiger charge is 2.22. The van der Waals surface area contributed by atoms with Crippen LogP contribution in [0.4, 0.5) is 5.82 Å². The molecular weight excluding hydrogens is 186 g/mol. The summed E-state index contributed by atoms with van der Waals surface area (Å²) in [6.07, 6.45) is 4.58. The fourth-order valence-corrected chi connectivity index (χ4v) is 2.19. The fourth-order valence-electron chi connectivity index (χ4n) is 2.19. The topological polar surface area (TPSA) is 19.4 Å². The number of rotatable bonds is 2. The number of hydrogen-bond acceptors (Lipinski definition) is 3. The van der Waals surface area contributed by atoms with Gasteiger partial charge in [0.05, 0.1) is 0 Å². The smallest absolute Gasteiger partial charge is 0.127 e. The van der Waals surface area contributed by atoms with Gasteiger partial charge in [-0.3, -0.25) is 4.90 Å². The number of likely N-dealkylation sites (tertiary alicyclic amines) is 1. The largest absolute Gasteiger partial charge is 0.363 e. The Kier molecular flexibility index (Phi) is 2.91. The number of aromatic nitrogens is 1. The van der Waals surface area contributed by atoms with Gasteiger partial charge < -0.3 is 4.90 Å². The molecular formula is C12H19N3. The first-order chi connectivity index (χ1) is 7.18. The van der Waals surface area contributed by atoms with E-state index in [-0.39, 0.29) is 0 Å². The molecule has 0 amide bonds. The Hall–Kier alpha value is -1.09. The molecule has 1 aliphatic heterocycles. The molecule has 0 spiro atoms. The van der Waals surface area contributed by atoms with E-state index < -0.39 is 0 Å². The molecule has 3 nitrogen and oxygen atoms in total. The number of anilines is 1. The second kappa shape index (κ2) is 4.19. The molecule has 0 aliphatic carbocycles. The minimum absolute atomic E-state index is 0.578. The van der Waals surface area contributed by atoms with Gasteiger partial charge in [-0.2, -0.15) is 0 Å². The maximum atomic E-state index is 4.46. The molecule has 1 aromatic rings. The highest BCUT2D eigenvalue weighted by atomic mass is 15.2. The van der Waals surface area contributed by atoms with Crippen LogP contribution in [0.15, 0.2) is 18.3 Å². The molecule has 0 bridgehead atoms. The van der Waals surface area contributed by atoms with Crippen LogP contribution in [0, 0.1) is 0 Å². The first-order valence-corrected chi connectivity index (χ1v) is 5.52. The van der Waals surface area contributed by atoms with Gasteiger partial charge in [0.2, 0.25) is 0 Å². The lowest BCUT2D eigenvalue weighted by atomic mass is 10.1. The van der Waals surface area contributed by atoms with Gasteiger partial charge in [0.15, 0.2) is 0 Å². The van der Waals surface area contributed by atoms with Crippen LogP contribution >= 0.6 is 0 Å². The van der Waals surface area contributed by atoms with Gasteiger partial charge in [0.25, 0.3) is 0 Å². The van der Waals surface area contributed by atoms with E-state index in [1.54, 1.807) is 0 Å². The standard InChI is InChI=1S/C12H19N3/c1-14(2)12-7-6-10(9-13-12)11-5-4-8-15(11)3/h6-7,9,11H,4-5,8H2,1-3H3/t11-/m0/s1. The molecule has 1 fully saturated rings. The van der Waals surface area contributed by atoms with E-state index >= 15 is 0 Å². The van der Waals surface area contributed by atoms with Crippen molar-refractivity contribution < 1.29 is 0 Å². The second-order valence-electron chi connectivity index (χ2n) is 4.48. The molecule has 15 heavy (non-hydrogen) atoms. The van der Waals surface area contributed by atoms with E-state index in [1.165, 1.54) is 24.9 Å². The first kappa shape index (κ1) is 10.4. The lowest BCUT2D eigenvalue weighted by Gasteiger charge is -2.20. The van der Waals surface area contributed by atoms with Gasteiger partial charge >= 0.3 is 0 Å². The van der Waals surface area contributed by atoms with Crippen LogP contribution in [0.3, 0.4) is 0 Å². The van der Waals surface area contributed by atoms with E-state index in [0.29, 0.717) is 6.04 Å². The molecule has 2 heterocycles. The lowest BCUT2D eigenvalue weighted by molar-refractivity contribution is 0.317. The summed E-state index contributed by atoms with van der Waals surface area (Å²) in [5.41, 5.74) is 1.35. The van der Waals surface area contributed by atoms with Gasteiger partial charge in [0.1, 0.15) is 5.82 Å². The number of hydrogen-bond donors (Lipinski definition) is 0. The summed E-state index contributed by atoms with van der Waals surface area (Å²) in [4.78, 5) is 8.90. The highest BCUT2D eigenvalue weighted by molar-refractivity contribution is 5.37. The Bertz CT molecular complexity index is 318. The predicted molar refractivity (Wildman–Crippen MR) is 63.2 cm³/mol. The third kappa shape index (κ3) is 2.12. The van der Waals surface area contributed by atoms with Gasteiger partial charge in [-0.05, 0) is 38.1 Å². The third-order valence-electron chi connectivity index (χ3n) is 3.13. The maximum absolute atomic E-state index is 4.46. The van der Waals surface area contributed by atoms with E-state index in [2.05, 4.69) is 29.1 Å². The molecule has 0 unspecified atom stereocenters. The Morgan fingerprint density at radius 2 is 2.20 bits per heavy atom. The molecule has 0 N–H and O–H groups in total. The summed E-state index contributed by atoms with van der Waals surface area (Å²) in [5.74, 6) is 1.03. The van der Waals surface area contributed by atoms with Crippen molar-refractivity contribution in [3.05, 3.63) is 23.9 Å². The molecule has 1 atom stereocenters. The van der Waals surface area contributed by atoms with E-state index in [1.807, 2.05) is 25.2 Å². The van der Waals surface area contributed by atoms with Gasteiger partial charge in [0, 0.05) is 26.3 Å². The Morgan fingerprint density at radius 1 is 1.40 bits per heavy atom. The molecule has 0 aromatic carbocycles. The van der Waals surface area contributed by atoms with Crippen molar-refractivity contribution in [2.75, 3.05) is 32.6 Å². The van der Waals surface area contributed by atoms with Crippen LogP contribution in [0.25, 0.3) is 0 Å². The average molecular weight is 205 g/mol. The van der Waals surface area contributed by atoms with Crippen molar-refractivity contribution in [3.63, 3.8) is 0 Å². The minimum atomic E-state index is 0.578. The Labute approximate surface area is 91.7 Å². The Balaban J connectivity index is 2.16. The number of pyridine rings is 1. The molecule has 3 heteroatoms. The van der Waals surface area contributed by atoms with Crippen molar-refractivity contribution in [2.24, 2.45) is 0 Å². The minimum Gasteiger partial charge on any atom is -0.363 e. The van der Waals surface area contributed by atoms with Crippen LogP contribution in [0.2, 0.25) is 0 Å². The molecule has 82 valence electrons. The molecule has 0 radical (unpaired) electrons. The Morgan fingerprint density at radius 3 is 2.67 bits per heavy atom. The zero-order valence-electron chi connectivity index (χ0n) is 9.77. The van der Waals surface area contributed by atoms with Crippen LogP contribution in [0.5, 0.6) is 0 Å². The zero-order chi connectivity index (χ0) is 10.8. The SMILES string of the molecule is CN(C)c1ccc([C@@H]2CCCN2C)cn1. The van der Waals surface area contributed by atoms with Crippen LogP contribution in [-0.4, -0.2) is 37.6 Å². The number of nitrogens with zero attached hydrogens (tertiary/aromatic N) is 3.